The Balaban J connectivity index is 1.41. The molecule has 0 aromatic heterocycles. The van der Waals surface area contributed by atoms with Gasteiger partial charge in [0, 0.05) is 16.2 Å². The number of carbonyl (C=O) groups is 1. The summed E-state index contributed by atoms with van der Waals surface area (Å²) in [6.45, 7) is 2.22. The van der Waals surface area contributed by atoms with Crippen LogP contribution < -0.4 is 10.6 Å². The first-order valence-corrected chi connectivity index (χ1v) is 9.65. The molecule has 3 nitrogen and oxygen atoms in total. The molecule has 23 heavy (non-hydrogen) atoms. The third-order valence-corrected chi connectivity index (χ3v) is 6.93. The van der Waals surface area contributed by atoms with Gasteiger partial charge in [0.2, 0.25) is 0 Å². The molecule has 4 bridgehead atoms. The fourth-order valence-corrected chi connectivity index (χ4v) is 6.19. The predicted octanol–water partition coefficient (Wildman–Crippen LogP) is 5.18. The van der Waals surface area contributed by atoms with E-state index in [1.54, 1.807) is 0 Å². The quantitative estimate of drug-likeness (QED) is 0.749. The Labute approximate surface area is 146 Å². The van der Waals surface area contributed by atoms with Crippen molar-refractivity contribution < 1.29 is 4.79 Å². The van der Waals surface area contributed by atoms with Gasteiger partial charge in [0.1, 0.15) is 0 Å². The predicted molar refractivity (Wildman–Crippen MR) is 96.4 cm³/mol. The molecule has 4 heteroatoms. The largest absolute Gasteiger partial charge is 0.335 e. The Hall–Kier alpha value is -1.03. The molecule has 124 valence electrons. The number of hydrogen-bond donors (Lipinski definition) is 2. The summed E-state index contributed by atoms with van der Waals surface area (Å²) in [5.74, 6) is 2.75. The van der Waals surface area contributed by atoms with Crippen molar-refractivity contribution in [3.63, 3.8) is 0 Å². The van der Waals surface area contributed by atoms with Crippen molar-refractivity contribution in [3.8, 4) is 0 Å². The molecule has 2 N–H and O–H groups in total. The van der Waals surface area contributed by atoms with Crippen LogP contribution in [0.15, 0.2) is 28.7 Å². The summed E-state index contributed by atoms with van der Waals surface area (Å²) in [7, 11) is 0. The summed E-state index contributed by atoms with van der Waals surface area (Å²) < 4.78 is 0.976. The molecule has 0 saturated heterocycles. The summed E-state index contributed by atoms with van der Waals surface area (Å²) in [5.41, 5.74) is 1.18. The number of benzene rings is 1. The number of carbonyl (C=O) groups excluding carboxylic acids is 1. The molecule has 4 aliphatic carbocycles. The van der Waals surface area contributed by atoms with Crippen LogP contribution in [0.1, 0.15) is 45.4 Å². The first kappa shape index (κ1) is 15.5. The van der Waals surface area contributed by atoms with E-state index < -0.39 is 0 Å². The van der Waals surface area contributed by atoms with Crippen LogP contribution in [0.2, 0.25) is 0 Å². The van der Waals surface area contributed by atoms with Gasteiger partial charge in [-0.2, -0.15) is 0 Å². The maximum atomic E-state index is 12.4. The highest BCUT2D eigenvalue weighted by Crippen LogP contribution is 2.61. The topological polar surface area (TPSA) is 41.1 Å². The SMILES string of the molecule is CC(NC(=O)Nc1cccc(Br)c1)C12CC3CC(CC(C3)C1)C2. The van der Waals surface area contributed by atoms with Crippen LogP contribution in [0.25, 0.3) is 0 Å². The smallest absolute Gasteiger partial charge is 0.319 e. The minimum Gasteiger partial charge on any atom is -0.335 e. The second kappa shape index (κ2) is 5.80. The number of amides is 2. The van der Waals surface area contributed by atoms with E-state index in [0.29, 0.717) is 5.41 Å². The zero-order valence-electron chi connectivity index (χ0n) is 13.6. The van der Waals surface area contributed by atoms with Crippen LogP contribution in [-0.2, 0) is 0 Å². The summed E-state index contributed by atoms with van der Waals surface area (Å²) in [6.07, 6.45) is 8.27. The lowest BCUT2D eigenvalue weighted by molar-refractivity contribution is -0.0679. The van der Waals surface area contributed by atoms with Gasteiger partial charge in [0.25, 0.3) is 0 Å². The van der Waals surface area contributed by atoms with Crippen LogP contribution in [-0.4, -0.2) is 12.1 Å². The molecule has 0 aliphatic heterocycles. The van der Waals surface area contributed by atoms with Gasteiger partial charge in [-0.25, -0.2) is 4.79 Å². The van der Waals surface area contributed by atoms with Crippen LogP contribution in [0.3, 0.4) is 0 Å². The zero-order chi connectivity index (χ0) is 16.0. The first-order valence-electron chi connectivity index (χ1n) is 8.85. The van der Waals surface area contributed by atoms with Crippen molar-refractivity contribution in [1.29, 1.82) is 0 Å². The highest BCUT2D eigenvalue weighted by molar-refractivity contribution is 9.10. The molecular weight excluding hydrogens is 352 g/mol. The normalized spacial score (nSPS) is 35.8. The van der Waals surface area contributed by atoms with Crippen molar-refractivity contribution >= 4 is 27.6 Å². The lowest BCUT2D eigenvalue weighted by Gasteiger charge is -2.59. The van der Waals surface area contributed by atoms with Crippen LogP contribution in [0.4, 0.5) is 10.5 Å². The van der Waals surface area contributed by atoms with Crippen molar-refractivity contribution in [3.05, 3.63) is 28.7 Å². The number of halogens is 1. The number of nitrogens with one attached hydrogen (secondary N) is 2. The van der Waals surface area contributed by atoms with E-state index in [1.807, 2.05) is 24.3 Å². The zero-order valence-corrected chi connectivity index (χ0v) is 15.2. The molecule has 4 aliphatic rings. The minimum atomic E-state index is -0.0775. The lowest BCUT2D eigenvalue weighted by Crippen LogP contribution is -2.56. The van der Waals surface area contributed by atoms with Crippen molar-refractivity contribution in [2.45, 2.75) is 51.5 Å². The van der Waals surface area contributed by atoms with Gasteiger partial charge in [0.15, 0.2) is 0 Å². The Morgan fingerprint density at radius 2 is 1.78 bits per heavy atom. The fourth-order valence-electron chi connectivity index (χ4n) is 5.79. The van der Waals surface area contributed by atoms with Crippen molar-refractivity contribution in [2.24, 2.45) is 23.2 Å². The van der Waals surface area contributed by atoms with Crippen LogP contribution in [0, 0.1) is 23.2 Å². The second-order valence-corrected chi connectivity index (χ2v) is 9.03. The Kier molecular flexibility index (Phi) is 3.91. The fraction of sp³-hybridized carbons (Fsp3) is 0.632. The third-order valence-electron chi connectivity index (χ3n) is 6.43. The van der Waals surface area contributed by atoms with Crippen LogP contribution >= 0.6 is 15.9 Å². The Morgan fingerprint density at radius 1 is 1.17 bits per heavy atom. The number of anilines is 1. The maximum absolute atomic E-state index is 12.4. The standard InChI is InChI=1S/C19H25BrN2O/c1-12(21-18(23)22-17-4-2-3-16(20)8-17)19-9-13-5-14(10-19)7-15(6-13)11-19/h2-4,8,12-15H,5-7,9-11H2,1H3,(H2,21,22,23). The third kappa shape index (κ3) is 3.02. The minimum absolute atomic E-state index is 0.0775. The molecule has 1 aromatic carbocycles. The number of hydrogen-bond acceptors (Lipinski definition) is 1. The Bertz CT molecular complexity index is 580. The molecule has 5 rings (SSSR count). The number of rotatable bonds is 3. The highest BCUT2D eigenvalue weighted by Gasteiger charge is 2.53. The lowest BCUT2D eigenvalue weighted by atomic mass is 9.48. The molecule has 1 unspecified atom stereocenters. The highest BCUT2D eigenvalue weighted by atomic mass is 79.9. The summed E-state index contributed by atoms with van der Waals surface area (Å²) in [6, 6.07) is 7.91. The van der Waals surface area contributed by atoms with Gasteiger partial charge in [-0.3, -0.25) is 0 Å². The van der Waals surface area contributed by atoms with Gasteiger partial charge in [-0.1, -0.05) is 22.0 Å². The molecule has 0 radical (unpaired) electrons. The average molecular weight is 377 g/mol. The van der Waals surface area contributed by atoms with E-state index in [2.05, 4.69) is 33.5 Å². The van der Waals surface area contributed by atoms with Crippen molar-refractivity contribution in [1.82, 2.24) is 5.32 Å². The molecular formula is C19H25BrN2O. The van der Waals surface area contributed by atoms with E-state index in [9.17, 15) is 4.79 Å². The maximum Gasteiger partial charge on any atom is 0.319 e. The van der Waals surface area contributed by atoms with Gasteiger partial charge in [0.05, 0.1) is 0 Å². The molecule has 0 heterocycles. The van der Waals surface area contributed by atoms with E-state index in [-0.39, 0.29) is 12.1 Å². The average Bonchev–Trinajstić information content (AvgIpc) is 2.45. The number of urea groups is 1. The van der Waals surface area contributed by atoms with Gasteiger partial charge >= 0.3 is 6.03 Å². The molecule has 0 spiro atoms. The second-order valence-electron chi connectivity index (χ2n) is 8.11. The van der Waals surface area contributed by atoms with Crippen LogP contribution in [0.5, 0.6) is 0 Å². The summed E-state index contributed by atoms with van der Waals surface area (Å²) in [5, 5.41) is 6.21. The molecule has 1 atom stereocenters. The van der Waals surface area contributed by atoms with E-state index in [0.717, 1.165) is 27.9 Å². The molecule has 4 fully saturated rings. The van der Waals surface area contributed by atoms with Gasteiger partial charge < -0.3 is 10.6 Å². The summed E-state index contributed by atoms with van der Waals surface area (Å²) in [4.78, 5) is 12.4. The van der Waals surface area contributed by atoms with Gasteiger partial charge in [-0.05, 0) is 86.8 Å². The summed E-state index contributed by atoms with van der Waals surface area (Å²) >= 11 is 3.44. The monoisotopic (exact) mass is 376 g/mol. The van der Waals surface area contributed by atoms with E-state index >= 15 is 0 Å². The van der Waals surface area contributed by atoms with E-state index in [1.165, 1.54) is 38.5 Å². The molecule has 2 amide bonds. The van der Waals surface area contributed by atoms with E-state index in [4.69, 9.17) is 0 Å². The van der Waals surface area contributed by atoms with Gasteiger partial charge in [-0.15, -0.1) is 0 Å². The first-order chi connectivity index (χ1) is 11.0. The molecule has 1 aromatic rings. The van der Waals surface area contributed by atoms with Crippen molar-refractivity contribution in [2.75, 3.05) is 5.32 Å². The Morgan fingerprint density at radius 3 is 2.35 bits per heavy atom. The molecule has 4 saturated carbocycles.